The van der Waals surface area contributed by atoms with Crippen molar-refractivity contribution in [2.24, 2.45) is 0 Å². The fraction of sp³-hybridized carbons (Fsp3) is 0.467. The molecule has 0 saturated carbocycles. The van der Waals surface area contributed by atoms with E-state index in [2.05, 4.69) is 11.9 Å². The van der Waals surface area contributed by atoms with Crippen molar-refractivity contribution in [1.82, 2.24) is 5.32 Å². The highest BCUT2D eigenvalue weighted by atomic mass is 19.4. The first-order valence-corrected chi connectivity index (χ1v) is 6.50. The first-order chi connectivity index (χ1) is 9.25. The third-order valence-electron chi connectivity index (χ3n) is 2.89. The van der Waals surface area contributed by atoms with Gasteiger partial charge in [0.05, 0.1) is 5.56 Å². The molecule has 0 spiro atoms. The molecule has 0 saturated heterocycles. The molecule has 20 heavy (non-hydrogen) atoms. The molecule has 1 nitrogen and oxygen atoms in total. The number of benzene rings is 1. The van der Waals surface area contributed by atoms with E-state index >= 15 is 0 Å². The Balaban J connectivity index is 3.10. The van der Waals surface area contributed by atoms with Crippen LogP contribution in [0.2, 0.25) is 0 Å². The van der Waals surface area contributed by atoms with E-state index in [0.717, 1.165) is 24.1 Å². The zero-order chi connectivity index (χ0) is 15.3. The first-order valence-electron chi connectivity index (χ1n) is 6.50. The zero-order valence-electron chi connectivity index (χ0n) is 11.6. The number of rotatable bonds is 6. The molecule has 0 aliphatic carbocycles. The third-order valence-corrected chi connectivity index (χ3v) is 2.89. The largest absolute Gasteiger partial charge is 0.419 e. The maximum absolute atomic E-state index is 13.3. The Morgan fingerprint density at radius 2 is 2.00 bits per heavy atom. The lowest BCUT2D eigenvalue weighted by molar-refractivity contribution is -0.140. The molecule has 0 fully saturated rings. The Kier molecular flexibility index (Phi) is 5.74. The van der Waals surface area contributed by atoms with Gasteiger partial charge in [-0.1, -0.05) is 18.6 Å². The van der Waals surface area contributed by atoms with Crippen molar-refractivity contribution >= 4 is 0 Å². The highest BCUT2D eigenvalue weighted by Gasteiger charge is 2.34. The van der Waals surface area contributed by atoms with Gasteiger partial charge in [0.25, 0.3) is 0 Å². The number of alkyl halides is 3. The molecule has 0 heterocycles. The molecule has 1 rings (SSSR count). The fourth-order valence-electron chi connectivity index (χ4n) is 1.95. The third kappa shape index (κ3) is 4.63. The summed E-state index contributed by atoms with van der Waals surface area (Å²) in [6, 6.07) is 2.86. The van der Waals surface area contributed by atoms with Crippen LogP contribution in [0.5, 0.6) is 0 Å². The monoisotopic (exact) mass is 289 g/mol. The highest BCUT2D eigenvalue weighted by molar-refractivity contribution is 5.30. The van der Waals surface area contributed by atoms with Crippen molar-refractivity contribution in [2.75, 3.05) is 6.54 Å². The minimum Gasteiger partial charge on any atom is -0.310 e. The number of nitrogens with one attached hydrogen (secondary N) is 1. The van der Waals surface area contributed by atoms with Crippen LogP contribution < -0.4 is 5.32 Å². The second kappa shape index (κ2) is 6.88. The fourth-order valence-corrected chi connectivity index (χ4v) is 1.95. The smallest absolute Gasteiger partial charge is 0.310 e. The summed E-state index contributed by atoms with van der Waals surface area (Å²) in [6.45, 7) is 8.24. The minimum absolute atomic E-state index is 0.283. The van der Waals surface area contributed by atoms with Crippen LogP contribution in [0.15, 0.2) is 30.4 Å². The van der Waals surface area contributed by atoms with Gasteiger partial charge in [-0.25, -0.2) is 4.39 Å². The lowest BCUT2D eigenvalue weighted by Gasteiger charge is -2.20. The van der Waals surface area contributed by atoms with Gasteiger partial charge in [-0.05, 0) is 44.0 Å². The Morgan fingerprint density at radius 3 is 2.50 bits per heavy atom. The van der Waals surface area contributed by atoms with Crippen molar-refractivity contribution in [2.45, 2.75) is 38.9 Å². The molecule has 0 bridgehead atoms. The van der Waals surface area contributed by atoms with Gasteiger partial charge in [0.2, 0.25) is 0 Å². The summed E-state index contributed by atoms with van der Waals surface area (Å²) < 4.78 is 51.5. The van der Waals surface area contributed by atoms with Gasteiger partial charge >= 0.3 is 6.18 Å². The van der Waals surface area contributed by atoms with Crippen LogP contribution in [-0.2, 0) is 6.18 Å². The Morgan fingerprint density at radius 1 is 1.35 bits per heavy atom. The van der Waals surface area contributed by atoms with Crippen LogP contribution in [0.3, 0.4) is 0 Å². The van der Waals surface area contributed by atoms with Crippen molar-refractivity contribution in [3.8, 4) is 0 Å². The summed E-state index contributed by atoms with van der Waals surface area (Å²) in [5, 5.41) is 3.16. The molecule has 0 aliphatic heterocycles. The average Bonchev–Trinajstić information content (AvgIpc) is 2.33. The Labute approximate surface area is 116 Å². The first kappa shape index (κ1) is 16.7. The molecule has 0 amide bonds. The molecule has 1 unspecified atom stereocenters. The van der Waals surface area contributed by atoms with Gasteiger partial charge < -0.3 is 5.32 Å². The van der Waals surface area contributed by atoms with E-state index in [4.69, 9.17) is 0 Å². The topological polar surface area (TPSA) is 12.0 Å². The van der Waals surface area contributed by atoms with E-state index in [0.29, 0.717) is 18.5 Å². The van der Waals surface area contributed by atoms with E-state index in [1.165, 1.54) is 6.07 Å². The van der Waals surface area contributed by atoms with Crippen LogP contribution in [0.25, 0.3) is 0 Å². The maximum Gasteiger partial charge on any atom is 0.419 e. The van der Waals surface area contributed by atoms with Crippen LogP contribution in [0.1, 0.15) is 43.9 Å². The summed E-state index contributed by atoms with van der Waals surface area (Å²) >= 11 is 0. The van der Waals surface area contributed by atoms with Gasteiger partial charge in [0.15, 0.2) is 0 Å². The highest BCUT2D eigenvalue weighted by Crippen LogP contribution is 2.33. The van der Waals surface area contributed by atoms with Crippen LogP contribution in [-0.4, -0.2) is 6.54 Å². The van der Waals surface area contributed by atoms with Crippen LogP contribution in [0.4, 0.5) is 17.6 Å². The molecular formula is C15H19F4N. The van der Waals surface area contributed by atoms with Gasteiger partial charge in [0, 0.05) is 6.04 Å². The van der Waals surface area contributed by atoms with Crippen LogP contribution in [0, 0.1) is 5.82 Å². The number of hydrogen-bond donors (Lipinski definition) is 1. The molecular weight excluding hydrogens is 270 g/mol. The summed E-state index contributed by atoms with van der Waals surface area (Å²) in [7, 11) is 0. The summed E-state index contributed by atoms with van der Waals surface area (Å²) in [5.41, 5.74) is 0.0617. The average molecular weight is 289 g/mol. The van der Waals surface area contributed by atoms with E-state index in [1.54, 1.807) is 0 Å². The quantitative estimate of drug-likeness (QED) is 0.583. The molecule has 0 aliphatic rings. The Hall–Kier alpha value is -1.36. The summed E-state index contributed by atoms with van der Waals surface area (Å²) in [4.78, 5) is 0. The Bertz CT molecular complexity index is 465. The molecule has 0 aromatic heterocycles. The van der Waals surface area contributed by atoms with E-state index in [1.807, 2.05) is 13.8 Å². The van der Waals surface area contributed by atoms with Crippen molar-refractivity contribution in [3.05, 3.63) is 47.3 Å². The second-order valence-corrected chi connectivity index (χ2v) is 4.90. The SMILES string of the molecule is C=C(C)CC(NCCC)c1ccc(F)c(C(F)(F)F)c1. The van der Waals surface area contributed by atoms with Gasteiger partial charge in [-0.2, -0.15) is 13.2 Å². The molecule has 0 radical (unpaired) electrons. The van der Waals surface area contributed by atoms with Crippen molar-refractivity contribution < 1.29 is 17.6 Å². The number of hydrogen-bond acceptors (Lipinski definition) is 1. The molecule has 5 heteroatoms. The molecule has 1 aromatic carbocycles. The molecule has 1 N–H and O–H groups in total. The zero-order valence-corrected chi connectivity index (χ0v) is 11.6. The number of halogens is 4. The van der Waals surface area contributed by atoms with Crippen molar-refractivity contribution in [1.29, 1.82) is 0 Å². The van der Waals surface area contributed by atoms with Crippen molar-refractivity contribution in [3.63, 3.8) is 0 Å². The van der Waals surface area contributed by atoms with E-state index < -0.39 is 17.6 Å². The predicted molar refractivity (Wildman–Crippen MR) is 71.9 cm³/mol. The van der Waals surface area contributed by atoms with E-state index in [-0.39, 0.29) is 6.04 Å². The minimum atomic E-state index is -4.68. The normalized spacial score (nSPS) is 13.3. The van der Waals surface area contributed by atoms with E-state index in [9.17, 15) is 17.6 Å². The maximum atomic E-state index is 13.3. The van der Waals surface area contributed by atoms with Gasteiger partial charge in [-0.3, -0.25) is 0 Å². The summed E-state index contributed by atoms with van der Waals surface area (Å²) in [5.74, 6) is -1.24. The summed E-state index contributed by atoms with van der Waals surface area (Å²) in [6.07, 6.45) is -3.30. The molecule has 112 valence electrons. The lowest BCUT2D eigenvalue weighted by Crippen LogP contribution is -2.23. The van der Waals surface area contributed by atoms with Crippen LogP contribution >= 0.6 is 0 Å². The van der Waals surface area contributed by atoms with Gasteiger partial charge in [0.1, 0.15) is 5.82 Å². The second-order valence-electron chi connectivity index (χ2n) is 4.90. The standard InChI is InChI=1S/C15H19F4N/c1-4-7-20-14(8-10(2)3)11-5-6-13(16)12(9-11)15(17,18)19/h5-6,9,14,20H,2,4,7-8H2,1,3H3. The molecule has 1 atom stereocenters. The molecule has 1 aromatic rings. The lowest BCUT2D eigenvalue weighted by atomic mass is 9.98. The van der Waals surface area contributed by atoms with Gasteiger partial charge in [-0.15, -0.1) is 6.58 Å². The predicted octanol–water partition coefficient (Wildman–Crippen LogP) is 4.85.